The molecule has 0 unspecified atom stereocenters. The average molecular weight is 219 g/mol. The maximum absolute atomic E-state index is 11.8. The van der Waals surface area contributed by atoms with E-state index in [-0.39, 0.29) is 12.1 Å². The van der Waals surface area contributed by atoms with Crippen LogP contribution in [0.2, 0.25) is 0 Å². The van der Waals surface area contributed by atoms with Crippen LogP contribution in [0.1, 0.15) is 31.5 Å². The van der Waals surface area contributed by atoms with Gasteiger partial charge in [-0.25, -0.2) is 4.79 Å². The number of carbonyl (C=O) groups is 1. The lowest BCUT2D eigenvalue weighted by atomic mass is 10.1. The molecule has 4 heteroatoms. The fraction of sp³-hybridized carbons (Fsp3) is 0.500. The van der Waals surface area contributed by atoms with Gasteiger partial charge in [0.05, 0.1) is 11.7 Å². The van der Waals surface area contributed by atoms with Gasteiger partial charge in [-0.2, -0.15) is 0 Å². The second-order valence-corrected chi connectivity index (χ2v) is 3.94. The van der Waals surface area contributed by atoms with Crippen LogP contribution < -0.4 is 5.32 Å². The van der Waals surface area contributed by atoms with Crippen LogP contribution in [0.15, 0.2) is 24.4 Å². The van der Waals surface area contributed by atoms with Crippen LogP contribution in [-0.2, 0) is 0 Å². The van der Waals surface area contributed by atoms with E-state index in [1.54, 1.807) is 6.20 Å². The summed E-state index contributed by atoms with van der Waals surface area (Å²) in [6.07, 6.45) is 3.84. The van der Waals surface area contributed by atoms with Crippen molar-refractivity contribution in [1.29, 1.82) is 0 Å². The zero-order valence-electron chi connectivity index (χ0n) is 9.52. The highest BCUT2D eigenvalue weighted by molar-refractivity contribution is 5.74. The van der Waals surface area contributed by atoms with Crippen LogP contribution in [-0.4, -0.2) is 29.0 Å². The molecule has 16 heavy (non-hydrogen) atoms. The molecular weight excluding hydrogens is 202 g/mol. The van der Waals surface area contributed by atoms with Crippen LogP contribution in [0.25, 0.3) is 0 Å². The molecule has 0 spiro atoms. The van der Waals surface area contributed by atoms with Crippen LogP contribution in [0.5, 0.6) is 0 Å². The quantitative estimate of drug-likeness (QED) is 0.826. The lowest BCUT2D eigenvalue weighted by Gasteiger charge is -2.24. The highest BCUT2D eigenvalue weighted by Gasteiger charge is 2.30. The Morgan fingerprint density at radius 3 is 3.19 bits per heavy atom. The maximum Gasteiger partial charge on any atom is 0.317 e. The number of nitrogens with one attached hydrogen (secondary N) is 1. The molecule has 1 aliphatic rings. The van der Waals surface area contributed by atoms with Crippen molar-refractivity contribution in [1.82, 2.24) is 15.2 Å². The van der Waals surface area contributed by atoms with Gasteiger partial charge < -0.3 is 10.2 Å². The minimum Gasteiger partial charge on any atom is -0.338 e. The normalized spacial score (nSPS) is 19.8. The van der Waals surface area contributed by atoms with Crippen LogP contribution in [0.4, 0.5) is 4.79 Å². The van der Waals surface area contributed by atoms with Crippen molar-refractivity contribution in [2.75, 3.05) is 13.1 Å². The van der Waals surface area contributed by atoms with Gasteiger partial charge in [0.25, 0.3) is 0 Å². The summed E-state index contributed by atoms with van der Waals surface area (Å²) in [6, 6.07) is 6.02. The standard InChI is InChI=1S/C12H17N3O/c1-2-13-12(16)15-9-5-7-11(15)10-6-3-4-8-14-10/h3-4,6,8,11H,2,5,7,9H2,1H3,(H,13,16)/t11-/m0/s1. The molecule has 1 atom stereocenters. The van der Waals surface area contributed by atoms with E-state index in [0.29, 0.717) is 6.54 Å². The molecule has 4 nitrogen and oxygen atoms in total. The highest BCUT2D eigenvalue weighted by atomic mass is 16.2. The predicted molar refractivity (Wildman–Crippen MR) is 62.0 cm³/mol. The molecule has 2 amide bonds. The van der Waals surface area contributed by atoms with Gasteiger partial charge in [-0.05, 0) is 31.9 Å². The monoisotopic (exact) mass is 219 g/mol. The molecule has 0 saturated carbocycles. The SMILES string of the molecule is CCNC(=O)N1CCC[C@H]1c1ccccn1. The number of aromatic nitrogens is 1. The Hall–Kier alpha value is -1.58. The van der Waals surface area contributed by atoms with Crippen molar-refractivity contribution in [3.05, 3.63) is 30.1 Å². The molecule has 2 heterocycles. The number of carbonyl (C=O) groups excluding carboxylic acids is 1. The Morgan fingerprint density at radius 2 is 2.50 bits per heavy atom. The van der Waals surface area contributed by atoms with Crippen molar-refractivity contribution < 1.29 is 4.79 Å². The van der Waals surface area contributed by atoms with Gasteiger partial charge in [-0.15, -0.1) is 0 Å². The van der Waals surface area contributed by atoms with E-state index in [9.17, 15) is 4.79 Å². The summed E-state index contributed by atoms with van der Waals surface area (Å²) < 4.78 is 0. The third-order valence-corrected chi connectivity index (χ3v) is 2.87. The second-order valence-electron chi connectivity index (χ2n) is 3.94. The summed E-state index contributed by atoms with van der Waals surface area (Å²) in [4.78, 5) is 18.0. The number of pyridine rings is 1. The fourth-order valence-corrected chi connectivity index (χ4v) is 2.14. The molecular formula is C12H17N3O. The second kappa shape index (κ2) is 4.96. The van der Waals surface area contributed by atoms with Gasteiger partial charge in [0, 0.05) is 19.3 Å². The molecule has 86 valence electrons. The van der Waals surface area contributed by atoms with Crippen molar-refractivity contribution in [3.63, 3.8) is 0 Å². The number of hydrogen-bond acceptors (Lipinski definition) is 2. The first-order chi connectivity index (χ1) is 7.83. The molecule has 0 aliphatic carbocycles. The highest BCUT2D eigenvalue weighted by Crippen LogP contribution is 2.30. The van der Waals surface area contributed by atoms with Crippen molar-refractivity contribution in [2.24, 2.45) is 0 Å². The summed E-state index contributed by atoms with van der Waals surface area (Å²) >= 11 is 0. The fourth-order valence-electron chi connectivity index (χ4n) is 2.14. The number of amides is 2. The molecule has 1 aliphatic heterocycles. The van der Waals surface area contributed by atoms with Crippen molar-refractivity contribution in [2.45, 2.75) is 25.8 Å². The summed E-state index contributed by atoms with van der Waals surface area (Å²) in [6.45, 7) is 3.43. The Balaban J connectivity index is 2.12. The summed E-state index contributed by atoms with van der Waals surface area (Å²) in [5.74, 6) is 0. The molecule has 0 aromatic carbocycles. The first-order valence-corrected chi connectivity index (χ1v) is 5.78. The van der Waals surface area contributed by atoms with Gasteiger partial charge >= 0.3 is 6.03 Å². The van der Waals surface area contributed by atoms with Gasteiger partial charge in [0.1, 0.15) is 0 Å². The molecule has 0 radical (unpaired) electrons. The Morgan fingerprint density at radius 1 is 1.62 bits per heavy atom. The van der Waals surface area contributed by atoms with Crippen molar-refractivity contribution >= 4 is 6.03 Å². The van der Waals surface area contributed by atoms with Crippen LogP contribution in [0.3, 0.4) is 0 Å². The van der Waals surface area contributed by atoms with Crippen LogP contribution in [0, 0.1) is 0 Å². The van der Waals surface area contributed by atoms with E-state index in [2.05, 4.69) is 10.3 Å². The van der Waals surface area contributed by atoms with E-state index < -0.39 is 0 Å². The minimum atomic E-state index is 0.0238. The number of likely N-dealkylation sites (tertiary alicyclic amines) is 1. The first kappa shape index (κ1) is 10.9. The zero-order valence-corrected chi connectivity index (χ0v) is 9.52. The van der Waals surface area contributed by atoms with Gasteiger partial charge in [0.2, 0.25) is 0 Å². The minimum absolute atomic E-state index is 0.0238. The summed E-state index contributed by atoms with van der Waals surface area (Å²) in [5.41, 5.74) is 0.992. The summed E-state index contributed by atoms with van der Waals surface area (Å²) in [7, 11) is 0. The number of hydrogen-bond donors (Lipinski definition) is 1. The van der Waals surface area contributed by atoms with E-state index >= 15 is 0 Å². The largest absolute Gasteiger partial charge is 0.338 e. The van der Waals surface area contributed by atoms with E-state index in [1.165, 1.54) is 0 Å². The first-order valence-electron chi connectivity index (χ1n) is 5.78. The lowest BCUT2D eigenvalue weighted by molar-refractivity contribution is 0.192. The van der Waals surface area contributed by atoms with E-state index in [1.807, 2.05) is 30.0 Å². The molecule has 1 aromatic heterocycles. The Labute approximate surface area is 95.7 Å². The Bertz CT molecular complexity index is 353. The van der Waals surface area contributed by atoms with Gasteiger partial charge in [0.15, 0.2) is 0 Å². The van der Waals surface area contributed by atoms with Gasteiger partial charge in [-0.3, -0.25) is 4.98 Å². The molecule has 1 saturated heterocycles. The molecule has 1 aromatic rings. The Kier molecular flexibility index (Phi) is 3.39. The number of nitrogens with zero attached hydrogens (tertiary/aromatic N) is 2. The van der Waals surface area contributed by atoms with Crippen molar-refractivity contribution in [3.8, 4) is 0 Å². The number of urea groups is 1. The van der Waals surface area contributed by atoms with E-state index in [0.717, 1.165) is 25.1 Å². The molecule has 0 bridgehead atoms. The summed E-state index contributed by atoms with van der Waals surface area (Å²) in [5, 5.41) is 2.85. The topological polar surface area (TPSA) is 45.2 Å². The molecule has 2 rings (SSSR count). The molecule has 1 fully saturated rings. The lowest BCUT2D eigenvalue weighted by Crippen LogP contribution is -2.39. The maximum atomic E-state index is 11.8. The molecule has 1 N–H and O–H groups in total. The average Bonchev–Trinajstić information content (AvgIpc) is 2.79. The smallest absolute Gasteiger partial charge is 0.317 e. The van der Waals surface area contributed by atoms with E-state index in [4.69, 9.17) is 0 Å². The zero-order chi connectivity index (χ0) is 11.4. The van der Waals surface area contributed by atoms with Crippen LogP contribution >= 0.6 is 0 Å². The predicted octanol–water partition coefficient (Wildman–Crippen LogP) is 1.95. The third kappa shape index (κ3) is 2.15. The third-order valence-electron chi connectivity index (χ3n) is 2.87. The van der Waals surface area contributed by atoms with Gasteiger partial charge in [-0.1, -0.05) is 6.07 Å². The number of rotatable bonds is 2.